The van der Waals surface area contributed by atoms with E-state index in [9.17, 15) is 18.5 Å². The Labute approximate surface area is 158 Å². The SMILES string of the molecule is CCCCCCOc1c(OC)cc(-c2nccn2S(C)(=O)=O)cc1[N+](=O)[O-]. The minimum absolute atomic E-state index is 0.0280. The highest BCUT2D eigenvalue weighted by Crippen LogP contribution is 2.41. The van der Waals surface area contributed by atoms with Crippen molar-refractivity contribution < 1.29 is 22.8 Å². The van der Waals surface area contributed by atoms with E-state index >= 15 is 0 Å². The van der Waals surface area contributed by atoms with Crippen molar-refractivity contribution in [2.45, 2.75) is 32.6 Å². The summed E-state index contributed by atoms with van der Waals surface area (Å²) < 4.78 is 35.6. The van der Waals surface area contributed by atoms with Crippen molar-refractivity contribution in [2.24, 2.45) is 0 Å². The lowest BCUT2D eigenvalue weighted by Gasteiger charge is -2.13. The van der Waals surface area contributed by atoms with Crippen LogP contribution in [0.25, 0.3) is 11.4 Å². The monoisotopic (exact) mass is 397 g/mol. The Morgan fingerprint density at radius 2 is 2.00 bits per heavy atom. The van der Waals surface area contributed by atoms with Crippen molar-refractivity contribution in [3.63, 3.8) is 0 Å². The Morgan fingerprint density at radius 3 is 2.59 bits per heavy atom. The number of nitro groups is 1. The van der Waals surface area contributed by atoms with E-state index in [1.807, 2.05) is 0 Å². The van der Waals surface area contributed by atoms with E-state index in [0.29, 0.717) is 6.61 Å². The van der Waals surface area contributed by atoms with Crippen molar-refractivity contribution >= 4 is 15.7 Å². The summed E-state index contributed by atoms with van der Waals surface area (Å²) in [5.41, 5.74) is -0.0600. The summed E-state index contributed by atoms with van der Waals surface area (Å²) in [5, 5.41) is 11.6. The molecule has 0 aliphatic carbocycles. The van der Waals surface area contributed by atoms with Gasteiger partial charge < -0.3 is 9.47 Å². The van der Waals surface area contributed by atoms with E-state index in [0.717, 1.165) is 35.9 Å². The highest BCUT2D eigenvalue weighted by molar-refractivity contribution is 7.89. The quantitative estimate of drug-likeness (QED) is 0.343. The summed E-state index contributed by atoms with van der Waals surface area (Å²) in [5.74, 6) is 0.242. The van der Waals surface area contributed by atoms with Gasteiger partial charge in [-0.05, 0) is 12.5 Å². The first-order valence-corrected chi connectivity index (χ1v) is 10.4. The van der Waals surface area contributed by atoms with Crippen molar-refractivity contribution in [1.82, 2.24) is 8.96 Å². The molecule has 9 nitrogen and oxygen atoms in total. The number of ether oxygens (including phenoxy) is 2. The Bertz CT molecular complexity index is 907. The smallest absolute Gasteiger partial charge is 0.315 e. The number of hydrogen-bond donors (Lipinski definition) is 0. The minimum Gasteiger partial charge on any atom is -0.493 e. The summed E-state index contributed by atoms with van der Waals surface area (Å²) in [6, 6.07) is 2.73. The van der Waals surface area contributed by atoms with E-state index in [-0.39, 0.29) is 28.6 Å². The first kappa shape index (κ1) is 20.7. The number of aromatic nitrogens is 2. The van der Waals surface area contributed by atoms with Gasteiger partial charge in [0, 0.05) is 24.0 Å². The fraction of sp³-hybridized carbons (Fsp3) is 0.471. The van der Waals surface area contributed by atoms with Crippen molar-refractivity contribution in [3.8, 4) is 22.9 Å². The summed E-state index contributed by atoms with van der Waals surface area (Å²) in [6.45, 7) is 2.42. The number of benzene rings is 1. The fourth-order valence-electron chi connectivity index (χ4n) is 2.61. The predicted molar refractivity (Wildman–Crippen MR) is 101 cm³/mol. The summed E-state index contributed by atoms with van der Waals surface area (Å²) in [7, 11) is -2.24. The van der Waals surface area contributed by atoms with Crippen LogP contribution in [0.5, 0.6) is 11.5 Å². The third kappa shape index (κ3) is 4.97. The topological polar surface area (TPSA) is 114 Å². The molecule has 0 saturated carbocycles. The van der Waals surface area contributed by atoms with E-state index in [4.69, 9.17) is 9.47 Å². The van der Waals surface area contributed by atoms with Gasteiger partial charge in [-0.15, -0.1) is 0 Å². The molecule has 148 valence electrons. The van der Waals surface area contributed by atoms with Crippen LogP contribution in [-0.4, -0.2) is 42.3 Å². The molecule has 0 saturated heterocycles. The molecule has 0 aliphatic rings. The molecule has 1 aromatic carbocycles. The van der Waals surface area contributed by atoms with E-state index < -0.39 is 14.9 Å². The van der Waals surface area contributed by atoms with Crippen LogP contribution in [0.2, 0.25) is 0 Å². The van der Waals surface area contributed by atoms with E-state index in [1.54, 1.807) is 0 Å². The summed E-state index contributed by atoms with van der Waals surface area (Å²) >= 11 is 0. The third-order valence-corrected chi connectivity index (χ3v) is 4.93. The van der Waals surface area contributed by atoms with Gasteiger partial charge in [-0.2, -0.15) is 0 Å². The number of hydrogen-bond acceptors (Lipinski definition) is 7. The van der Waals surface area contributed by atoms with Gasteiger partial charge in [-0.25, -0.2) is 17.4 Å². The highest BCUT2D eigenvalue weighted by Gasteiger charge is 2.25. The average Bonchev–Trinajstić information content (AvgIpc) is 3.11. The van der Waals surface area contributed by atoms with Crippen LogP contribution >= 0.6 is 0 Å². The van der Waals surface area contributed by atoms with Crippen molar-refractivity contribution in [3.05, 3.63) is 34.6 Å². The van der Waals surface area contributed by atoms with Gasteiger partial charge in [0.1, 0.15) is 0 Å². The van der Waals surface area contributed by atoms with Crippen LogP contribution in [0.3, 0.4) is 0 Å². The Hall–Kier alpha value is -2.62. The van der Waals surface area contributed by atoms with Crippen molar-refractivity contribution in [1.29, 1.82) is 0 Å². The van der Waals surface area contributed by atoms with Gasteiger partial charge in [0.05, 0.1) is 24.9 Å². The van der Waals surface area contributed by atoms with Crippen LogP contribution in [0.15, 0.2) is 24.5 Å². The molecular weight excluding hydrogens is 374 g/mol. The molecule has 0 atom stereocenters. The molecule has 2 aromatic rings. The van der Waals surface area contributed by atoms with Crippen molar-refractivity contribution in [2.75, 3.05) is 20.0 Å². The van der Waals surface area contributed by atoms with Gasteiger partial charge in [-0.1, -0.05) is 26.2 Å². The lowest BCUT2D eigenvalue weighted by Crippen LogP contribution is -2.11. The average molecular weight is 397 g/mol. The molecule has 0 N–H and O–H groups in total. The lowest BCUT2D eigenvalue weighted by molar-refractivity contribution is -0.385. The Balaban J connectivity index is 2.44. The van der Waals surface area contributed by atoms with Gasteiger partial charge in [0.2, 0.25) is 15.8 Å². The third-order valence-electron chi connectivity index (χ3n) is 3.92. The first-order valence-electron chi connectivity index (χ1n) is 8.53. The zero-order chi connectivity index (χ0) is 20.0. The number of methoxy groups -OCH3 is 1. The first-order chi connectivity index (χ1) is 12.8. The van der Waals surface area contributed by atoms with Gasteiger partial charge >= 0.3 is 5.69 Å². The Kier molecular flexibility index (Phi) is 6.78. The van der Waals surface area contributed by atoms with E-state index in [2.05, 4.69) is 11.9 Å². The maximum absolute atomic E-state index is 11.9. The van der Waals surface area contributed by atoms with Crippen LogP contribution < -0.4 is 9.47 Å². The molecule has 0 unspecified atom stereocenters. The van der Waals surface area contributed by atoms with E-state index in [1.165, 1.54) is 31.6 Å². The molecule has 2 rings (SSSR count). The maximum Gasteiger partial charge on any atom is 0.315 e. The minimum atomic E-state index is -3.61. The van der Waals surface area contributed by atoms with Gasteiger partial charge in [0.25, 0.3) is 0 Å². The predicted octanol–water partition coefficient (Wildman–Crippen LogP) is 3.23. The zero-order valence-corrected chi connectivity index (χ0v) is 16.4. The highest BCUT2D eigenvalue weighted by atomic mass is 32.2. The molecule has 1 heterocycles. The second-order valence-electron chi connectivity index (χ2n) is 6.00. The molecule has 0 bridgehead atoms. The second kappa shape index (κ2) is 8.85. The molecule has 10 heteroatoms. The van der Waals surface area contributed by atoms with Gasteiger partial charge in [0.15, 0.2) is 11.6 Å². The number of unbranched alkanes of at least 4 members (excludes halogenated alkanes) is 3. The zero-order valence-electron chi connectivity index (χ0n) is 15.5. The molecule has 1 aromatic heterocycles. The van der Waals surface area contributed by atoms with Crippen LogP contribution in [-0.2, 0) is 10.0 Å². The van der Waals surface area contributed by atoms with Crippen LogP contribution in [0.1, 0.15) is 32.6 Å². The molecule has 0 spiro atoms. The number of nitrogens with zero attached hydrogens (tertiary/aromatic N) is 3. The Morgan fingerprint density at radius 1 is 1.26 bits per heavy atom. The van der Waals surface area contributed by atoms with Gasteiger partial charge in [-0.3, -0.25) is 10.1 Å². The maximum atomic E-state index is 11.9. The number of imidazole rings is 1. The normalized spacial score (nSPS) is 11.4. The second-order valence-corrected chi connectivity index (χ2v) is 7.86. The molecular formula is C17H23N3O6S. The summed E-state index contributed by atoms with van der Waals surface area (Å²) in [4.78, 5) is 15.0. The lowest BCUT2D eigenvalue weighted by atomic mass is 10.1. The van der Waals surface area contributed by atoms with Crippen LogP contribution in [0, 0.1) is 10.1 Å². The number of nitro benzene ring substituents is 1. The summed E-state index contributed by atoms with van der Waals surface area (Å²) in [6.07, 6.45) is 7.50. The number of rotatable bonds is 10. The standard InChI is InChI=1S/C17H23N3O6S/c1-4-5-6-7-10-26-16-14(20(21)22)11-13(12-15(16)25-2)17-18-8-9-19(17)27(3,23)24/h8-9,11-12H,4-7,10H2,1-3H3. The fourth-order valence-corrected chi connectivity index (χ4v) is 3.36. The van der Waals surface area contributed by atoms with Crippen LogP contribution in [0.4, 0.5) is 5.69 Å². The molecule has 0 radical (unpaired) electrons. The largest absolute Gasteiger partial charge is 0.493 e. The molecule has 27 heavy (non-hydrogen) atoms. The molecule has 0 amide bonds. The molecule has 0 fully saturated rings. The molecule has 0 aliphatic heterocycles.